The van der Waals surface area contributed by atoms with Gasteiger partial charge in [0.15, 0.2) is 9.84 Å². The lowest BCUT2D eigenvalue weighted by molar-refractivity contribution is -0.0498. The van der Waals surface area contributed by atoms with Crippen molar-refractivity contribution in [2.24, 2.45) is 0 Å². The van der Waals surface area contributed by atoms with E-state index < -0.39 is 33.6 Å². The number of rotatable bonds is 5. The summed E-state index contributed by atoms with van der Waals surface area (Å²) in [6.07, 6.45) is 0. The van der Waals surface area contributed by atoms with Crippen LogP contribution in [0.3, 0.4) is 0 Å². The Labute approximate surface area is 169 Å². The zero-order chi connectivity index (χ0) is 21.7. The maximum Gasteiger partial charge on any atom is 0.387 e. The Bertz CT molecular complexity index is 1300. The molecule has 158 valence electrons. The first-order valence-corrected chi connectivity index (χ1v) is 10.7. The molecule has 0 unspecified atom stereocenters. The first-order valence-electron chi connectivity index (χ1n) is 8.88. The van der Waals surface area contributed by atoms with Crippen molar-refractivity contribution < 1.29 is 26.7 Å². The number of carbonyl (C=O) groups excluding carboxylic acids is 1. The van der Waals surface area contributed by atoms with E-state index in [-0.39, 0.29) is 22.8 Å². The van der Waals surface area contributed by atoms with Gasteiger partial charge in [-0.25, -0.2) is 13.2 Å². The Morgan fingerprint density at radius 3 is 2.63 bits per heavy atom. The highest BCUT2D eigenvalue weighted by Gasteiger charge is 2.45. The van der Waals surface area contributed by atoms with Crippen molar-refractivity contribution in [3.63, 3.8) is 0 Å². The van der Waals surface area contributed by atoms with Crippen LogP contribution in [0.15, 0.2) is 47.3 Å². The maximum absolute atomic E-state index is 12.5. The topological polar surface area (TPSA) is 110 Å². The van der Waals surface area contributed by atoms with Gasteiger partial charge < -0.3 is 15.0 Å². The fourth-order valence-corrected chi connectivity index (χ4v) is 5.66. The molecule has 1 aromatic heterocycles. The minimum absolute atomic E-state index is 0.0940. The molecule has 0 radical (unpaired) electrons. The Morgan fingerprint density at radius 2 is 1.97 bits per heavy atom. The number of benzene rings is 2. The number of sulfone groups is 1. The zero-order valence-corrected chi connectivity index (χ0v) is 16.5. The average molecular weight is 437 g/mol. The van der Waals surface area contributed by atoms with E-state index in [0.717, 1.165) is 0 Å². The Hall–Kier alpha value is -3.21. The number of amides is 1. The number of halogens is 2. The van der Waals surface area contributed by atoms with Gasteiger partial charge in [0.05, 0.1) is 33.8 Å². The molecule has 0 bridgehead atoms. The van der Waals surface area contributed by atoms with Crippen molar-refractivity contribution >= 4 is 26.8 Å². The molecule has 2 aromatic carbocycles. The molecule has 0 saturated carbocycles. The van der Waals surface area contributed by atoms with Crippen molar-refractivity contribution in [3.05, 3.63) is 58.5 Å². The number of nitrogens with zero attached hydrogens (tertiary/aromatic N) is 1. The number of alkyl halides is 2. The smallest absolute Gasteiger partial charge is 0.387 e. The van der Waals surface area contributed by atoms with E-state index in [0.29, 0.717) is 16.7 Å². The Morgan fingerprint density at radius 1 is 1.23 bits per heavy atom. The predicted molar refractivity (Wildman–Crippen MR) is 105 cm³/mol. The first-order chi connectivity index (χ1) is 14.1. The summed E-state index contributed by atoms with van der Waals surface area (Å²) in [5, 5.41) is 2.70. The molecule has 2 N–H and O–H groups in total. The van der Waals surface area contributed by atoms with Gasteiger partial charge in [0.1, 0.15) is 5.75 Å². The standard InChI is InChI=1S/C19H17F2N3O5S/c1-19(9-30(27,28)10-19)23-16(25)11-5-6-15-14(7-11)22-18(26)24(15)12-3-2-4-13(8-12)29-17(20)21/h2-8,17H,9-10H2,1H3,(H,22,26)(H,23,25). The number of hydrogen-bond donors (Lipinski definition) is 2. The van der Waals surface area contributed by atoms with E-state index in [1.54, 1.807) is 19.1 Å². The summed E-state index contributed by atoms with van der Waals surface area (Å²) in [6.45, 7) is -1.34. The van der Waals surface area contributed by atoms with Gasteiger partial charge >= 0.3 is 12.3 Å². The van der Waals surface area contributed by atoms with Gasteiger partial charge in [-0.3, -0.25) is 9.36 Å². The van der Waals surface area contributed by atoms with Crippen molar-refractivity contribution in [2.75, 3.05) is 11.5 Å². The summed E-state index contributed by atoms with van der Waals surface area (Å²) in [5.74, 6) is -0.810. The minimum Gasteiger partial charge on any atom is -0.435 e. The van der Waals surface area contributed by atoms with E-state index in [9.17, 15) is 26.8 Å². The van der Waals surface area contributed by atoms with Gasteiger partial charge in [-0.2, -0.15) is 8.78 Å². The van der Waals surface area contributed by atoms with Gasteiger partial charge in [-0.15, -0.1) is 0 Å². The van der Waals surface area contributed by atoms with E-state index in [4.69, 9.17) is 0 Å². The summed E-state index contributed by atoms with van der Waals surface area (Å²) in [6, 6.07) is 10.2. The molecule has 11 heteroatoms. The molecule has 0 spiro atoms. The van der Waals surface area contributed by atoms with E-state index in [1.165, 1.54) is 34.9 Å². The third-order valence-electron chi connectivity index (χ3n) is 4.74. The zero-order valence-electron chi connectivity index (χ0n) is 15.7. The number of aromatic amines is 1. The van der Waals surface area contributed by atoms with Crippen LogP contribution in [0.2, 0.25) is 0 Å². The number of fused-ring (bicyclic) bond motifs is 1. The Kier molecular flexibility index (Phi) is 4.64. The van der Waals surface area contributed by atoms with Crippen molar-refractivity contribution in [1.82, 2.24) is 14.9 Å². The number of carbonyl (C=O) groups is 1. The van der Waals surface area contributed by atoms with Gasteiger partial charge in [0.25, 0.3) is 5.91 Å². The second kappa shape index (κ2) is 6.94. The Balaban J connectivity index is 1.65. The molecule has 8 nitrogen and oxygen atoms in total. The summed E-state index contributed by atoms with van der Waals surface area (Å²) in [4.78, 5) is 27.6. The van der Waals surface area contributed by atoms with Gasteiger partial charge in [0, 0.05) is 11.6 Å². The lowest BCUT2D eigenvalue weighted by atomic mass is 10.1. The van der Waals surface area contributed by atoms with E-state index in [1.807, 2.05) is 0 Å². The largest absolute Gasteiger partial charge is 0.435 e. The second-order valence-corrected chi connectivity index (χ2v) is 9.48. The molecule has 1 aliphatic heterocycles. The normalized spacial score (nSPS) is 16.9. The molecule has 1 fully saturated rings. The molecule has 0 atom stereocenters. The van der Waals surface area contributed by atoms with Crippen LogP contribution < -0.4 is 15.7 Å². The summed E-state index contributed by atoms with van der Waals surface area (Å²) in [7, 11) is -3.12. The summed E-state index contributed by atoms with van der Waals surface area (Å²) in [5.41, 5.74) is 0.0104. The van der Waals surface area contributed by atoms with Gasteiger partial charge in [-0.05, 0) is 37.3 Å². The molecule has 30 heavy (non-hydrogen) atoms. The highest BCUT2D eigenvalue weighted by Crippen LogP contribution is 2.25. The average Bonchev–Trinajstić information content (AvgIpc) is 2.94. The monoisotopic (exact) mass is 437 g/mol. The van der Waals surface area contributed by atoms with Gasteiger partial charge in [-0.1, -0.05) is 6.07 Å². The number of aromatic nitrogens is 2. The van der Waals surface area contributed by atoms with Crippen LogP contribution in [0, 0.1) is 0 Å². The van der Waals surface area contributed by atoms with Crippen LogP contribution in [-0.4, -0.2) is 47.5 Å². The quantitative estimate of drug-likeness (QED) is 0.633. The molecule has 2 heterocycles. The fourth-order valence-electron chi connectivity index (χ4n) is 3.65. The van der Waals surface area contributed by atoms with Crippen LogP contribution in [0.1, 0.15) is 17.3 Å². The van der Waals surface area contributed by atoms with Crippen molar-refractivity contribution in [2.45, 2.75) is 19.1 Å². The highest BCUT2D eigenvalue weighted by molar-refractivity contribution is 7.93. The number of hydrogen-bond acceptors (Lipinski definition) is 5. The predicted octanol–water partition coefficient (Wildman–Crippen LogP) is 1.84. The number of nitrogens with one attached hydrogen (secondary N) is 2. The number of ether oxygens (including phenoxy) is 1. The lowest BCUT2D eigenvalue weighted by Crippen LogP contribution is -2.63. The third kappa shape index (κ3) is 3.80. The maximum atomic E-state index is 12.5. The number of imidazole rings is 1. The molecule has 1 saturated heterocycles. The first kappa shape index (κ1) is 20.1. The summed E-state index contributed by atoms with van der Waals surface area (Å²) >= 11 is 0. The third-order valence-corrected chi connectivity index (χ3v) is 6.89. The lowest BCUT2D eigenvalue weighted by Gasteiger charge is -2.38. The van der Waals surface area contributed by atoms with Gasteiger partial charge in [0.2, 0.25) is 0 Å². The van der Waals surface area contributed by atoms with Crippen LogP contribution in [0.5, 0.6) is 5.75 Å². The number of H-pyrrole nitrogens is 1. The molecular weight excluding hydrogens is 420 g/mol. The molecule has 0 aliphatic carbocycles. The molecule has 4 rings (SSSR count). The molecule has 1 aliphatic rings. The second-order valence-electron chi connectivity index (χ2n) is 7.42. The fraction of sp³-hybridized carbons (Fsp3) is 0.263. The van der Waals surface area contributed by atoms with E-state index >= 15 is 0 Å². The van der Waals surface area contributed by atoms with Crippen LogP contribution in [-0.2, 0) is 9.84 Å². The van der Waals surface area contributed by atoms with Crippen molar-refractivity contribution in [3.8, 4) is 11.4 Å². The summed E-state index contributed by atoms with van der Waals surface area (Å²) < 4.78 is 53.4. The van der Waals surface area contributed by atoms with Crippen molar-refractivity contribution in [1.29, 1.82) is 0 Å². The highest BCUT2D eigenvalue weighted by atomic mass is 32.2. The minimum atomic E-state index is -3.12. The molecular formula is C19H17F2N3O5S. The molecule has 3 aromatic rings. The molecule has 1 amide bonds. The van der Waals surface area contributed by atoms with Crippen LogP contribution in [0.25, 0.3) is 16.7 Å². The van der Waals surface area contributed by atoms with Crippen LogP contribution >= 0.6 is 0 Å². The van der Waals surface area contributed by atoms with Crippen LogP contribution in [0.4, 0.5) is 8.78 Å². The SMILES string of the molecule is CC1(NC(=O)c2ccc3c(c2)[nH]c(=O)n3-c2cccc(OC(F)F)c2)CS(=O)(=O)C1. The van der Waals surface area contributed by atoms with E-state index in [2.05, 4.69) is 15.0 Å².